The monoisotopic (exact) mass is 516 g/mol. The van der Waals surface area contributed by atoms with Gasteiger partial charge in [0, 0.05) is 29.8 Å². The summed E-state index contributed by atoms with van der Waals surface area (Å²) in [5.41, 5.74) is 1.02. The van der Waals surface area contributed by atoms with E-state index in [1.54, 1.807) is 12.1 Å². The van der Waals surface area contributed by atoms with E-state index in [4.69, 9.17) is 9.15 Å². The molecule has 0 radical (unpaired) electrons. The summed E-state index contributed by atoms with van der Waals surface area (Å²) in [7, 11) is 0. The van der Waals surface area contributed by atoms with Crippen molar-refractivity contribution in [2.45, 2.75) is 96.4 Å². The van der Waals surface area contributed by atoms with Crippen LogP contribution in [-0.2, 0) is 16.1 Å². The van der Waals surface area contributed by atoms with Gasteiger partial charge in [0.15, 0.2) is 0 Å². The van der Waals surface area contributed by atoms with Gasteiger partial charge in [-0.25, -0.2) is 0 Å². The van der Waals surface area contributed by atoms with Gasteiger partial charge in [-0.05, 0) is 77.1 Å². The topological polar surface area (TPSA) is 97.6 Å². The molecule has 5 rings (SSSR count). The Bertz CT molecular complexity index is 1170. The van der Waals surface area contributed by atoms with E-state index in [1.165, 1.54) is 0 Å². The molecule has 8 nitrogen and oxygen atoms in total. The lowest BCUT2D eigenvalue weighted by Gasteiger charge is -2.38. The molecule has 1 aromatic carbocycles. The zero-order chi connectivity index (χ0) is 26.4. The zero-order valence-corrected chi connectivity index (χ0v) is 21.6. The number of nitrogens with zero attached hydrogens (tertiary/aromatic N) is 3. The number of esters is 1. The largest absolute Gasteiger partial charge is 0.460 e. The number of alkyl halides is 2. The van der Waals surface area contributed by atoms with Crippen LogP contribution >= 0.6 is 0 Å². The predicted octanol–water partition coefficient (Wildman–Crippen LogP) is 5.04. The van der Waals surface area contributed by atoms with Gasteiger partial charge >= 0.3 is 12.4 Å². The van der Waals surface area contributed by atoms with E-state index in [9.17, 15) is 18.4 Å². The Hall–Kier alpha value is -2.88. The average molecular weight is 517 g/mol. The SMILES string of the molecule is CC(C)(C)OC(=O)C1(CCN[C@@H]2CCCC[C@H]2N2Cc3ccc(-c4nnc(C(F)F)o4)cc3C2=O)CC1. The third-order valence-corrected chi connectivity index (χ3v) is 7.64. The molecule has 2 saturated carbocycles. The summed E-state index contributed by atoms with van der Waals surface area (Å²) in [5.74, 6) is -0.943. The number of aromatic nitrogens is 2. The van der Waals surface area contributed by atoms with Crippen molar-refractivity contribution in [2.24, 2.45) is 5.41 Å². The molecule has 10 heteroatoms. The smallest absolute Gasteiger partial charge is 0.314 e. The van der Waals surface area contributed by atoms with Crippen molar-refractivity contribution in [3.05, 3.63) is 35.2 Å². The van der Waals surface area contributed by atoms with Crippen LogP contribution in [0.25, 0.3) is 11.5 Å². The second-order valence-corrected chi connectivity index (χ2v) is 11.5. The van der Waals surface area contributed by atoms with Crippen molar-refractivity contribution in [3.63, 3.8) is 0 Å². The molecule has 1 amide bonds. The van der Waals surface area contributed by atoms with Gasteiger partial charge in [-0.15, -0.1) is 10.2 Å². The number of carbonyl (C=O) groups is 2. The number of fused-ring (bicyclic) bond motifs is 1. The first kappa shape index (κ1) is 25.8. The van der Waals surface area contributed by atoms with Crippen LogP contribution in [0.15, 0.2) is 22.6 Å². The van der Waals surface area contributed by atoms with Gasteiger partial charge in [0.2, 0.25) is 5.89 Å². The van der Waals surface area contributed by atoms with E-state index >= 15 is 0 Å². The Balaban J connectivity index is 1.23. The molecule has 200 valence electrons. The first-order valence-electron chi connectivity index (χ1n) is 13.1. The van der Waals surface area contributed by atoms with Crippen molar-refractivity contribution < 1.29 is 27.5 Å². The number of benzene rings is 1. The molecular formula is C27H34F2N4O4. The second-order valence-electron chi connectivity index (χ2n) is 11.5. The highest BCUT2D eigenvalue weighted by Crippen LogP contribution is 2.50. The molecule has 0 bridgehead atoms. The maximum Gasteiger partial charge on any atom is 0.314 e. The number of hydrogen-bond donors (Lipinski definition) is 1. The van der Waals surface area contributed by atoms with E-state index < -0.39 is 17.9 Å². The van der Waals surface area contributed by atoms with Gasteiger partial charge in [-0.1, -0.05) is 18.9 Å². The minimum Gasteiger partial charge on any atom is -0.460 e. The van der Waals surface area contributed by atoms with Crippen LogP contribution in [0.2, 0.25) is 0 Å². The molecule has 2 fully saturated rings. The van der Waals surface area contributed by atoms with E-state index in [2.05, 4.69) is 15.5 Å². The van der Waals surface area contributed by atoms with Crippen LogP contribution in [0.4, 0.5) is 8.78 Å². The number of rotatable bonds is 8. The van der Waals surface area contributed by atoms with Crippen molar-refractivity contribution in [1.82, 2.24) is 20.4 Å². The number of ether oxygens (including phenoxy) is 1. The Morgan fingerprint density at radius 3 is 2.68 bits per heavy atom. The van der Waals surface area contributed by atoms with Crippen LogP contribution in [-0.4, -0.2) is 51.2 Å². The van der Waals surface area contributed by atoms with Gasteiger partial charge in [0.1, 0.15) is 5.60 Å². The normalized spacial score (nSPS) is 22.9. The summed E-state index contributed by atoms with van der Waals surface area (Å²) < 4.78 is 36.4. The molecule has 2 aromatic rings. The highest BCUT2D eigenvalue weighted by Gasteiger charge is 2.51. The van der Waals surface area contributed by atoms with E-state index in [1.807, 2.05) is 31.7 Å². The van der Waals surface area contributed by atoms with Gasteiger partial charge in [-0.3, -0.25) is 9.59 Å². The van der Waals surface area contributed by atoms with E-state index in [0.717, 1.165) is 50.5 Å². The maximum atomic E-state index is 13.5. The van der Waals surface area contributed by atoms with Gasteiger partial charge in [0.25, 0.3) is 11.8 Å². The van der Waals surface area contributed by atoms with Crippen LogP contribution in [0.1, 0.15) is 94.0 Å². The van der Waals surface area contributed by atoms with Crippen LogP contribution in [0, 0.1) is 5.41 Å². The highest BCUT2D eigenvalue weighted by molar-refractivity contribution is 5.99. The molecule has 1 aliphatic heterocycles. The summed E-state index contributed by atoms with van der Waals surface area (Å²) in [6.45, 7) is 6.88. The molecule has 0 unspecified atom stereocenters. The summed E-state index contributed by atoms with van der Waals surface area (Å²) in [5, 5.41) is 10.7. The summed E-state index contributed by atoms with van der Waals surface area (Å²) in [6.07, 6.45) is 3.62. The van der Waals surface area contributed by atoms with Gasteiger partial charge < -0.3 is 19.4 Å². The Morgan fingerprint density at radius 2 is 2.00 bits per heavy atom. The fraction of sp³-hybridized carbons (Fsp3) is 0.630. The van der Waals surface area contributed by atoms with E-state index in [-0.39, 0.29) is 35.3 Å². The van der Waals surface area contributed by atoms with Gasteiger partial charge in [-0.2, -0.15) is 8.78 Å². The standard InChI is InChI=1S/C27H34F2N4O4/c1-26(2,3)37-25(35)27(10-11-27)12-13-30-19-6-4-5-7-20(19)33-15-17-9-8-16(14-18(17)24(33)34)22-31-32-23(36-22)21(28)29/h8-9,14,19-21,30H,4-7,10-13,15H2,1-3H3/t19-,20-/m1/s1. The minimum absolute atomic E-state index is 0.0273. The number of carbonyl (C=O) groups excluding carboxylic acids is 2. The lowest BCUT2D eigenvalue weighted by Crippen LogP contribution is -2.52. The van der Waals surface area contributed by atoms with Crippen molar-refractivity contribution in [3.8, 4) is 11.5 Å². The molecule has 2 atom stereocenters. The van der Waals surface area contributed by atoms with Crippen molar-refractivity contribution in [1.29, 1.82) is 0 Å². The molecule has 2 heterocycles. The second kappa shape index (κ2) is 9.78. The molecular weight excluding hydrogens is 482 g/mol. The number of nitrogens with one attached hydrogen (secondary N) is 1. The first-order chi connectivity index (χ1) is 17.6. The fourth-order valence-corrected chi connectivity index (χ4v) is 5.48. The number of halogens is 2. The molecule has 0 saturated heterocycles. The number of amides is 1. The van der Waals surface area contributed by atoms with E-state index in [0.29, 0.717) is 24.2 Å². The van der Waals surface area contributed by atoms with Crippen LogP contribution < -0.4 is 5.32 Å². The van der Waals surface area contributed by atoms with Gasteiger partial charge in [0.05, 0.1) is 5.41 Å². The fourth-order valence-electron chi connectivity index (χ4n) is 5.48. The summed E-state index contributed by atoms with van der Waals surface area (Å²) in [4.78, 5) is 28.1. The Labute approximate surface area is 215 Å². The molecule has 0 spiro atoms. The lowest BCUT2D eigenvalue weighted by molar-refractivity contribution is -0.162. The first-order valence-corrected chi connectivity index (χ1v) is 13.1. The number of hydrogen-bond acceptors (Lipinski definition) is 7. The molecule has 3 aliphatic rings. The molecule has 1 N–H and O–H groups in total. The lowest BCUT2D eigenvalue weighted by atomic mass is 9.88. The zero-order valence-electron chi connectivity index (χ0n) is 21.6. The Kier molecular flexibility index (Phi) is 6.81. The molecule has 2 aliphatic carbocycles. The molecule has 1 aromatic heterocycles. The minimum atomic E-state index is -2.84. The third-order valence-electron chi connectivity index (χ3n) is 7.64. The van der Waals surface area contributed by atoms with Crippen molar-refractivity contribution in [2.75, 3.05) is 6.54 Å². The quantitative estimate of drug-likeness (QED) is 0.491. The maximum absolute atomic E-state index is 13.5. The predicted molar refractivity (Wildman–Crippen MR) is 131 cm³/mol. The third kappa shape index (κ3) is 5.39. The molecule has 37 heavy (non-hydrogen) atoms. The van der Waals surface area contributed by atoms with Crippen LogP contribution in [0.5, 0.6) is 0 Å². The average Bonchev–Trinajstić information content (AvgIpc) is 3.33. The summed E-state index contributed by atoms with van der Waals surface area (Å²) in [6, 6.07) is 5.40. The highest BCUT2D eigenvalue weighted by atomic mass is 19.3. The summed E-state index contributed by atoms with van der Waals surface area (Å²) >= 11 is 0. The Morgan fingerprint density at radius 1 is 1.24 bits per heavy atom. The van der Waals surface area contributed by atoms with Crippen molar-refractivity contribution >= 4 is 11.9 Å². The van der Waals surface area contributed by atoms with Crippen LogP contribution in [0.3, 0.4) is 0 Å².